The summed E-state index contributed by atoms with van der Waals surface area (Å²) in [4.78, 5) is 0. The minimum atomic E-state index is -4.36. The predicted octanol–water partition coefficient (Wildman–Crippen LogP) is 2.41. The summed E-state index contributed by atoms with van der Waals surface area (Å²) in [7, 11) is 0. The van der Waals surface area contributed by atoms with Crippen molar-refractivity contribution in [2.45, 2.75) is 6.18 Å². The van der Waals surface area contributed by atoms with Crippen LogP contribution in [0.15, 0.2) is 24.3 Å². The molecule has 74 valence electrons. The van der Waals surface area contributed by atoms with Gasteiger partial charge in [0.15, 0.2) is 0 Å². The maximum absolute atomic E-state index is 12.1. The fraction of sp³-hybridized carbons (Fsp3) is 0.143. The van der Waals surface area contributed by atoms with Crippen molar-refractivity contribution < 1.29 is 13.2 Å². The highest BCUT2D eigenvalue weighted by Crippen LogP contribution is 2.33. The summed E-state index contributed by atoms with van der Waals surface area (Å²) in [6, 6.07) is 5.02. The first-order chi connectivity index (χ1) is 5.55. The van der Waals surface area contributed by atoms with E-state index in [0.717, 1.165) is 6.07 Å². The molecule has 0 saturated carbocycles. The molecule has 1 aromatic rings. The van der Waals surface area contributed by atoms with Gasteiger partial charge in [0.2, 0.25) is 0 Å². The van der Waals surface area contributed by atoms with Gasteiger partial charge in [-0.2, -0.15) is 13.2 Å². The first-order valence-electron chi connectivity index (χ1n) is 3.18. The van der Waals surface area contributed by atoms with Crippen LogP contribution in [0, 0.1) is 0 Å². The highest BCUT2D eigenvalue weighted by molar-refractivity contribution is 5.85. The number of nitrogen functional groups attached to an aromatic ring is 1. The Balaban J connectivity index is 0.00000144. The minimum Gasteiger partial charge on any atom is -0.324 e. The summed E-state index contributed by atoms with van der Waals surface area (Å²) in [6.07, 6.45) is -4.36. The fourth-order valence-corrected chi connectivity index (χ4v) is 0.856. The van der Waals surface area contributed by atoms with Crippen LogP contribution in [0.5, 0.6) is 0 Å². The molecular weight excluding hydrogens is 205 g/mol. The number of hydrazine groups is 1. The second-order valence-corrected chi connectivity index (χ2v) is 2.19. The lowest BCUT2D eigenvalue weighted by molar-refractivity contribution is -0.136. The van der Waals surface area contributed by atoms with E-state index in [-0.39, 0.29) is 18.1 Å². The molecule has 1 rings (SSSR count). The number of hydrogen-bond acceptors (Lipinski definition) is 2. The topological polar surface area (TPSA) is 38.0 Å². The second-order valence-electron chi connectivity index (χ2n) is 2.19. The van der Waals surface area contributed by atoms with Crippen LogP contribution in [0.4, 0.5) is 18.9 Å². The average Bonchev–Trinajstić information content (AvgIpc) is 2.03. The van der Waals surface area contributed by atoms with E-state index in [4.69, 9.17) is 5.84 Å². The van der Waals surface area contributed by atoms with E-state index in [0.29, 0.717) is 0 Å². The Morgan fingerprint density at radius 1 is 1.15 bits per heavy atom. The molecular formula is C7H8ClF3N2. The number of nitrogens with two attached hydrogens (primary N) is 1. The minimum absolute atomic E-state index is 0. The SMILES string of the molecule is Cl.NNc1ccccc1C(F)(F)F. The number of nitrogens with one attached hydrogen (secondary N) is 1. The fourth-order valence-electron chi connectivity index (χ4n) is 0.856. The maximum atomic E-state index is 12.1. The molecule has 0 radical (unpaired) electrons. The molecule has 13 heavy (non-hydrogen) atoms. The lowest BCUT2D eigenvalue weighted by Crippen LogP contribution is -2.14. The smallest absolute Gasteiger partial charge is 0.324 e. The molecule has 0 heterocycles. The number of para-hydroxylation sites is 1. The van der Waals surface area contributed by atoms with Crippen molar-refractivity contribution in [2.75, 3.05) is 5.43 Å². The van der Waals surface area contributed by atoms with Crippen LogP contribution in [-0.4, -0.2) is 0 Å². The van der Waals surface area contributed by atoms with Gasteiger partial charge in [-0.05, 0) is 12.1 Å². The van der Waals surface area contributed by atoms with Crippen molar-refractivity contribution in [1.82, 2.24) is 0 Å². The maximum Gasteiger partial charge on any atom is 0.418 e. The summed E-state index contributed by atoms with van der Waals surface area (Å²) in [5.41, 5.74) is 1.10. The Morgan fingerprint density at radius 3 is 2.08 bits per heavy atom. The van der Waals surface area contributed by atoms with Crippen molar-refractivity contribution in [3.8, 4) is 0 Å². The summed E-state index contributed by atoms with van der Waals surface area (Å²) in [5.74, 6) is 4.90. The van der Waals surface area contributed by atoms with Gasteiger partial charge in [-0.1, -0.05) is 12.1 Å². The molecule has 0 aromatic heterocycles. The van der Waals surface area contributed by atoms with Crippen molar-refractivity contribution in [3.05, 3.63) is 29.8 Å². The molecule has 0 aliphatic carbocycles. The number of hydrogen-bond donors (Lipinski definition) is 2. The Hall–Kier alpha value is -0.940. The molecule has 0 atom stereocenters. The normalized spacial score (nSPS) is 10.5. The lowest BCUT2D eigenvalue weighted by Gasteiger charge is -2.10. The van der Waals surface area contributed by atoms with E-state index in [2.05, 4.69) is 0 Å². The molecule has 3 N–H and O–H groups in total. The second kappa shape index (κ2) is 4.34. The third kappa shape index (κ3) is 2.78. The zero-order valence-corrected chi connectivity index (χ0v) is 7.25. The molecule has 2 nitrogen and oxygen atoms in total. The number of alkyl halides is 3. The summed E-state index contributed by atoms with van der Waals surface area (Å²) >= 11 is 0. The molecule has 0 bridgehead atoms. The van der Waals surface area contributed by atoms with Gasteiger partial charge in [-0.3, -0.25) is 5.84 Å². The zero-order chi connectivity index (χ0) is 9.19. The Labute approximate surface area is 79.3 Å². The number of benzene rings is 1. The zero-order valence-electron chi connectivity index (χ0n) is 6.43. The quantitative estimate of drug-likeness (QED) is 0.554. The molecule has 0 spiro atoms. The number of anilines is 1. The molecule has 0 saturated heterocycles. The monoisotopic (exact) mass is 212 g/mol. The van der Waals surface area contributed by atoms with E-state index in [9.17, 15) is 13.2 Å². The number of halogens is 4. The van der Waals surface area contributed by atoms with Gasteiger partial charge in [-0.15, -0.1) is 12.4 Å². The van der Waals surface area contributed by atoms with Crippen LogP contribution in [-0.2, 0) is 6.18 Å². The number of rotatable bonds is 1. The largest absolute Gasteiger partial charge is 0.418 e. The van der Waals surface area contributed by atoms with Crippen LogP contribution >= 0.6 is 12.4 Å². The molecule has 0 unspecified atom stereocenters. The van der Waals surface area contributed by atoms with Crippen molar-refractivity contribution in [3.63, 3.8) is 0 Å². The van der Waals surface area contributed by atoms with Crippen LogP contribution in [0.25, 0.3) is 0 Å². The third-order valence-corrected chi connectivity index (χ3v) is 1.39. The Kier molecular flexibility index (Phi) is 4.03. The molecule has 0 amide bonds. The predicted molar refractivity (Wildman–Crippen MR) is 46.5 cm³/mol. The summed E-state index contributed by atoms with van der Waals surface area (Å²) < 4.78 is 36.4. The first-order valence-corrected chi connectivity index (χ1v) is 3.18. The van der Waals surface area contributed by atoms with E-state index < -0.39 is 11.7 Å². The molecule has 0 aliphatic heterocycles. The summed E-state index contributed by atoms with van der Waals surface area (Å²) in [6.45, 7) is 0. The third-order valence-electron chi connectivity index (χ3n) is 1.39. The molecule has 0 fully saturated rings. The van der Waals surface area contributed by atoms with Crippen LogP contribution < -0.4 is 11.3 Å². The van der Waals surface area contributed by atoms with Crippen LogP contribution in [0.3, 0.4) is 0 Å². The van der Waals surface area contributed by atoms with Gasteiger partial charge < -0.3 is 5.43 Å². The van der Waals surface area contributed by atoms with Gasteiger partial charge in [-0.25, -0.2) is 0 Å². The van der Waals surface area contributed by atoms with E-state index in [1.165, 1.54) is 18.2 Å². The van der Waals surface area contributed by atoms with Crippen molar-refractivity contribution >= 4 is 18.1 Å². The highest BCUT2D eigenvalue weighted by Gasteiger charge is 2.32. The standard InChI is InChI=1S/C7H7F3N2.ClH/c8-7(9,10)5-3-1-2-4-6(5)12-11;/h1-4,12H,11H2;1H. The van der Waals surface area contributed by atoms with E-state index >= 15 is 0 Å². The van der Waals surface area contributed by atoms with E-state index in [1.54, 1.807) is 0 Å². The molecule has 6 heteroatoms. The van der Waals surface area contributed by atoms with E-state index in [1.807, 2.05) is 5.43 Å². The van der Waals surface area contributed by atoms with Gasteiger partial charge in [0.25, 0.3) is 0 Å². The molecule has 1 aromatic carbocycles. The Bertz CT molecular complexity index is 275. The highest BCUT2D eigenvalue weighted by atomic mass is 35.5. The van der Waals surface area contributed by atoms with Crippen LogP contribution in [0.1, 0.15) is 5.56 Å². The molecule has 0 aliphatic rings. The van der Waals surface area contributed by atoms with Gasteiger partial charge in [0.1, 0.15) is 0 Å². The van der Waals surface area contributed by atoms with Crippen LogP contribution in [0.2, 0.25) is 0 Å². The average molecular weight is 213 g/mol. The Morgan fingerprint density at radius 2 is 1.69 bits per heavy atom. The van der Waals surface area contributed by atoms with Gasteiger partial charge >= 0.3 is 6.18 Å². The summed E-state index contributed by atoms with van der Waals surface area (Å²) in [5, 5.41) is 0. The van der Waals surface area contributed by atoms with Crippen molar-refractivity contribution in [1.29, 1.82) is 0 Å². The lowest BCUT2D eigenvalue weighted by atomic mass is 10.2. The first kappa shape index (κ1) is 12.1. The van der Waals surface area contributed by atoms with Gasteiger partial charge in [0, 0.05) is 0 Å². The van der Waals surface area contributed by atoms with Gasteiger partial charge in [0.05, 0.1) is 11.3 Å². The van der Waals surface area contributed by atoms with Crippen molar-refractivity contribution in [2.24, 2.45) is 5.84 Å².